The van der Waals surface area contributed by atoms with Gasteiger partial charge < -0.3 is 5.11 Å². The summed E-state index contributed by atoms with van der Waals surface area (Å²) in [4.78, 5) is 11.4. The molecule has 4 unspecified atom stereocenters. The summed E-state index contributed by atoms with van der Waals surface area (Å²) in [7, 11) is 0. The Morgan fingerprint density at radius 2 is 2.13 bits per heavy atom. The highest BCUT2D eigenvalue weighted by Crippen LogP contribution is 2.38. The van der Waals surface area contributed by atoms with E-state index >= 15 is 0 Å². The van der Waals surface area contributed by atoms with Crippen LogP contribution in [0.25, 0.3) is 0 Å². The Labute approximate surface area is 91.2 Å². The fourth-order valence-corrected chi connectivity index (χ4v) is 2.82. The van der Waals surface area contributed by atoms with Crippen LogP contribution in [-0.4, -0.2) is 22.7 Å². The lowest BCUT2D eigenvalue weighted by atomic mass is 9.76. The van der Waals surface area contributed by atoms with Crippen LogP contribution < -0.4 is 5.32 Å². The number of carboxylic acids is 1. The minimum absolute atomic E-state index is 0.450. The van der Waals surface area contributed by atoms with Crippen LogP contribution in [0.1, 0.15) is 46.0 Å². The highest BCUT2D eigenvalue weighted by atomic mass is 16.4. The first-order valence-corrected chi connectivity index (χ1v) is 6.04. The van der Waals surface area contributed by atoms with Crippen molar-refractivity contribution in [3.63, 3.8) is 0 Å². The minimum Gasteiger partial charge on any atom is -0.480 e. The zero-order chi connectivity index (χ0) is 11.1. The van der Waals surface area contributed by atoms with Crippen LogP contribution in [0.3, 0.4) is 0 Å². The molecule has 0 saturated heterocycles. The maximum Gasteiger partial charge on any atom is 0.323 e. The normalized spacial score (nSPS) is 45.1. The fraction of sp³-hybridized carbons (Fsp3) is 0.917. The van der Waals surface area contributed by atoms with E-state index in [1.54, 1.807) is 0 Å². The van der Waals surface area contributed by atoms with Crippen molar-refractivity contribution in [2.75, 3.05) is 0 Å². The lowest BCUT2D eigenvalue weighted by Gasteiger charge is -2.37. The summed E-state index contributed by atoms with van der Waals surface area (Å²) < 4.78 is 0. The second-order valence-electron chi connectivity index (χ2n) is 5.55. The smallest absolute Gasteiger partial charge is 0.323 e. The molecule has 0 radical (unpaired) electrons. The van der Waals surface area contributed by atoms with Gasteiger partial charge in [0.15, 0.2) is 0 Å². The molecule has 0 amide bonds. The van der Waals surface area contributed by atoms with E-state index in [-0.39, 0.29) is 0 Å². The third kappa shape index (κ3) is 2.17. The molecule has 0 aliphatic heterocycles. The Hall–Kier alpha value is -0.570. The molecule has 2 fully saturated rings. The van der Waals surface area contributed by atoms with Gasteiger partial charge in [-0.05, 0) is 31.1 Å². The molecule has 3 heteroatoms. The minimum atomic E-state index is -0.645. The van der Waals surface area contributed by atoms with E-state index in [0.29, 0.717) is 17.9 Å². The molecule has 0 aromatic heterocycles. The monoisotopic (exact) mass is 211 g/mol. The number of carbonyl (C=O) groups is 1. The lowest BCUT2D eigenvalue weighted by Crippen LogP contribution is -2.55. The fourth-order valence-electron chi connectivity index (χ4n) is 2.82. The van der Waals surface area contributed by atoms with Gasteiger partial charge in [0.05, 0.1) is 0 Å². The molecule has 0 bridgehead atoms. The number of hydrogen-bond acceptors (Lipinski definition) is 2. The van der Waals surface area contributed by atoms with E-state index in [0.717, 1.165) is 25.7 Å². The van der Waals surface area contributed by atoms with Gasteiger partial charge in [-0.3, -0.25) is 10.1 Å². The first kappa shape index (κ1) is 10.9. The van der Waals surface area contributed by atoms with E-state index in [1.165, 1.54) is 6.42 Å². The summed E-state index contributed by atoms with van der Waals surface area (Å²) in [6.07, 6.45) is 4.96. The first-order chi connectivity index (χ1) is 7.03. The van der Waals surface area contributed by atoms with E-state index in [2.05, 4.69) is 19.2 Å². The topological polar surface area (TPSA) is 49.3 Å². The summed E-state index contributed by atoms with van der Waals surface area (Å²) in [5.74, 6) is 0.558. The Bertz CT molecular complexity index is 266. The molecule has 0 aromatic carbocycles. The molecular weight excluding hydrogens is 190 g/mol. The predicted octanol–water partition coefficient (Wildman–Crippen LogP) is 2.02. The average Bonchev–Trinajstić information content (AvgIpc) is 2.81. The van der Waals surface area contributed by atoms with E-state index in [1.807, 2.05) is 0 Å². The van der Waals surface area contributed by atoms with Gasteiger partial charge in [-0.25, -0.2) is 0 Å². The van der Waals surface area contributed by atoms with Crippen LogP contribution in [0.5, 0.6) is 0 Å². The molecule has 3 nitrogen and oxygen atoms in total. The molecule has 2 N–H and O–H groups in total. The third-order valence-corrected chi connectivity index (χ3v) is 3.98. The van der Waals surface area contributed by atoms with Crippen LogP contribution in [0, 0.1) is 11.8 Å². The lowest BCUT2D eigenvalue weighted by molar-refractivity contribution is -0.147. The zero-order valence-electron chi connectivity index (χ0n) is 9.62. The van der Waals surface area contributed by atoms with Crippen molar-refractivity contribution >= 4 is 5.97 Å². The quantitative estimate of drug-likeness (QED) is 0.751. The Morgan fingerprint density at radius 1 is 1.47 bits per heavy atom. The summed E-state index contributed by atoms with van der Waals surface area (Å²) in [5.41, 5.74) is -0.618. The van der Waals surface area contributed by atoms with Crippen molar-refractivity contribution in [1.82, 2.24) is 5.32 Å². The zero-order valence-corrected chi connectivity index (χ0v) is 9.62. The Kier molecular flexibility index (Phi) is 2.75. The van der Waals surface area contributed by atoms with Crippen molar-refractivity contribution in [2.45, 2.75) is 57.5 Å². The second-order valence-corrected chi connectivity index (χ2v) is 5.55. The molecule has 86 valence electrons. The van der Waals surface area contributed by atoms with Gasteiger partial charge in [-0.1, -0.05) is 26.7 Å². The van der Waals surface area contributed by atoms with Gasteiger partial charge in [-0.15, -0.1) is 0 Å². The summed E-state index contributed by atoms with van der Waals surface area (Å²) in [6.45, 7) is 4.34. The molecule has 4 atom stereocenters. The molecular formula is C12H21NO2. The summed E-state index contributed by atoms with van der Waals surface area (Å²) in [5, 5.41) is 12.8. The van der Waals surface area contributed by atoms with Crippen LogP contribution in [-0.2, 0) is 4.79 Å². The highest BCUT2D eigenvalue weighted by Gasteiger charge is 2.47. The van der Waals surface area contributed by atoms with Crippen molar-refractivity contribution in [2.24, 2.45) is 11.8 Å². The summed E-state index contributed by atoms with van der Waals surface area (Å²) in [6, 6.07) is 0.450. The van der Waals surface area contributed by atoms with Crippen molar-refractivity contribution < 1.29 is 9.90 Å². The average molecular weight is 211 g/mol. The Morgan fingerprint density at radius 3 is 2.60 bits per heavy atom. The largest absolute Gasteiger partial charge is 0.480 e. The predicted molar refractivity (Wildman–Crippen MR) is 58.7 cm³/mol. The number of carboxylic acid groups (broad SMARTS) is 1. The van der Waals surface area contributed by atoms with Crippen molar-refractivity contribution in [1.29, 1.82) is 0 Å². The van der Waals surface area contributed by atoms with Crippen molar-refractivity contribution in [3.8, 4) is 0 Å². The highest BCUT2D eigenvalue weighted by molar-refractivity contribution is 5.79. The summed E-state index contributed by atoms with van der Waals surface area (Å²) >= 11 is 0. The van der Waals surface area contributed by atoms with Crippen LogP contribution in [0.15, 0.2) is 0 Å². The van der Waals surface area contributed by atoms with Gasteiger partial charge in [0.1, 0.15) is 5.54 Å². The van der Waals surface area contributed by atoms with E-state index in [4.69, 9.17) is 0 Å². The van der Waals surface area contributed by atoms with Gasteiger partial charge >= 0.3 is 5.97 Å². The second kappa shape index (κ2) is 3.78. The number of hydrogen-bond donors (Lipinski definition) is 2. The van der Waals surface area contributed by atoms with Crippen LogP contribution in [0.4, 0.5) is 0 Å². The first-order valence-electron chi connectivity index (χ1n) is 6.04. The number of rotatable bonds is 3. The molecule has 2 rings (SSSR count). The molecule has 2 saturated carbocycles. The standard InChI is InChI=1S/C12H21NO2/c1-8-4-3-5-12(7-8,11(14)15)13-10-6-9(10)2/h8-10,13H,3-7H2,1-2H3,(H,14,15). The number of aliphatic carboxylic acids is 1. The van der Waals surface area contributed by atoms with Gasteiger partial charge in [0.2, 0.25) is 0 Å². The van der Waals surface area contributed by atoms with E-state index in [9.17, 15) is 9.90 Å². The molecule has 2 aliphatic carbocycles. The maximum atomic E-state index is 11.4. The van der Waals surface area contributed by atoms with Gasteiger partial charge in [0, 0.05) is 6.04 Å². The third-order valence-electron chi connectivity index (χ3n) is 3.98. The molecule has 2 aliphatic rings. The SMILES string of the molecule is CC1CCCC(NC2CC2C)(C(=O)O)C1. The van der Waals surface area contributed by atoms with Crippen LogP contribution >= 0.6 is 0 Å². The van der Waals surface area contributed by atoms with Crippen molar-refractivity contribution in [3.05, 3.63) is 0 Å². The molecule has 15 heavy (non-hydrogen) atoms. The molecule has 0 heterocycles. The maximum absolute atomic E-state index is 11.4. The van der Waals surface area contributed by atoms with Gasteiger partial charge in [0.25, 0.3) is 0 Å². The number of nitrogens with one attached hydrogen (secondary N) is 1. The van der Waals surface area contributed by atoms with E-state index < -0.39 is 11.5 Å². The molecule has 0 spiro atoms. The van der Waals surface area contributed by atoms with Gasteiger partial charge in [-0.2, -0.15) is 0 Å². The molecule has 0 aromatic rings. The van der Waals surface area contributed by atoms with Crippen LogP contribution in [0.2, 0.25) is 0 Å². The Balaban J connectivity index is 2.05.